The topological polar surface area (TPSA) is 59.8 Å². The van der Waals surface area contributed by atoms with Crippen LogP contribution in [0.25, 0.3) is 11.2 Å². The maximum Gasteiger partial charge on any atom is 0.235 e. The molecule has 0 fully saturated rings. The number of amides is 1. The van der Waals surface area contributed by atoms with E-state index in [1.54, 1.807) is 6.20 Å². The number of nitrogens with zero attached hydrogens (tertiary/aromatic N) is 3. The molecule has 0 saturated carbocycles. The molecule has 0 aliphatic heterocycles. The number of imidazole rings is 1. The van der Waals surface area contributed by atoms with Crippen LogP contribution in [0.1, 0.15) is 5.82 Å². The predicted molar refractivity (Wildman–Crippen MR) is 68.3 cm³/mol. The van der Waals surface area contributed by atoms with Crippen molar-refractivity contribution in [3.63, 3.8) is 0 Å². The molecule has 0 aliphatic rings. The quantitative estimate of drug-likeness (QED) is 0.857. The van der Waals surface area contributed by atoms with Gasteiger partial charge < -0.3 is 9.88 Å². The molecule has 7 heteroatoms. The summed E-state index contributed by atoms with van der Waals surface area (Å²) in [6, 6.07) is 3.71. The molecule has 2 aromatic rings. The molecular weight excluding hydrogens is 263 g/mol. The third-order valence-electron chi connectivity index (χ3n) is 2.29. The van der Waals surface area contributed by atoms with Gasteiger partial charge in [0.15, 0.2) is 5.65 Å². The smallest absolute Gasteiger partial charge is 0.235 e. The maximum atomic E-state index is 11.0. The maximum absolute atomic E-state index is 11.0. The number of halogens is 2. The van der Waals surface area contributed by atoms with Gasteiger partial charge >= 0.3 is 0 Å². The first kappa shape index (κ1) is 13.7. The molecule has 0 aliphatic carbocycles. The molecular formula is C10H12Cl2N4O. The third-order valence-corrected chi connectivity index (χ3v) is 2.53. The summed E-state index contributed by atoms with van der Waals surface area (Å²) in [6.07, 6.45) is 1.71. The van der Waals surface area contributed by atoms with Crippen LogP contribution in [0.4, 0.5) is 0 Å². The zero-order valence-corrected chi connectivity index (χ0v) is 10.8. The van der Waals surface area contributed by atoms with Gasteiger partial charge in [0.1, 0.15) is 17.2 Å². The highest BCUT2D eigenvalue weighted by Crippen LogP contribution is 2.10. The number of rotatable bonds is 3. The third kappa shape index (κ3) is 2.87. The van der Waals surface area contributed by atoms with Crippen molar-refractivity contribution in [3.8, 4) is 0 Å². The minimum atomic E-state index is -0.207. The number of fused-ring (bicyclic) bond motifs is 1. The highest BCUT2D eigenvalue weighted by Gasteiger charge is 2.08. The summed E-state index contributed by atoms with van der Waals surface area (Å²) in [5.41, 5.74) is 1.62. The average Bonchev–Trinajstić information content (AvgIpc) is 2.64. The lowest BCUT2D eigenvalue weighted by molar-refractivity contribution is -0.118. The SMILES string of the molecule is Cl.Cn1c(CNC(=O)CCl)nc2cccnc21. The van der Waals surface area contributed by atoms with Crippen LogP contribution in [-0.4, -0.2) is 26.3 Å². The summed E-state index contributed by atoms with van der Waals surface area (Å²) < 4.78 is 1.85. The van der Waals surface area contributed by atoms with E-state index in [1.807, 2.05) is 23.7 Å². The van der Waals surface area contributed by atoms with Gasteiger partial charge in [-0.15, -0.1) is 24.0 Å². The van der Waals surface area contributed by atoms with Crippen molar-refractivity contribution in [2.75, 3.05) is 5.88 Å². The van der Waals surface area contributed by atoms with E-state index >= 15 is 0 Å². The summed E-state index contributed by atoms with van der Waals surface area (Å²) in [5, 5.41) is 2.67. The second-order valence-electron chi connectivity index (χ2n) is 3.34. The Morgan fingerprint density at radius 3 is 3.00 bits per heavy atom. The Bertz CT molecular complexity index is 526. The zero-order chi connectivity index (χ0) is 11.5. The van der Waals surface area contributed by atoms with Gasteiger partial charge in [0.2, 0.25) is 5.91 Å². The molecule has 5 nitrogen and oxygen atoms in total. The number of hydrogen-bond donors (Lipinski definition) is 1. The second kappa shape index (κ2) is 5.84. The van der Waals surface area contributed by atoms with E-state index < -0.39 is 0 Å². The number of aryl methyl sites for hydroxylation is 1. The first-order valence-corrected chi connectivity index (χ1v) is 5.35. The molecule has 0 aromatic carbocycles. The number of nitrogens with one attached hydrogen (secondary N) is 1. The highest BCUT2D eigenvalue weighted by atomic mass is 35.5. The van der Waals surface area contributed by atoms with Crippen LogP contribution in [-0.2, 0) is 18.4 Å². The van der Waals surface area contributed by atoms with Crippen molar-refractivity contribution in [1.29, 1.82) is 0 Å². The minimum absolute atomic E-state index is 0. The molecule has 92 valence electrons. The van der Waals surface area contributed by atoms with Crippen LogP contribution < -0.4 is 5.32 Å². The number of alkyl halides is 1. The van der Waals surface area contributed by atoms with Crippen molar-refractivity contribution >= 4 is 41.1 Å². The Morgan fingerprint density at radius 1 is 1.59 bits per heavy atom. The Balaban J connectivity index is 0.00000144. The van der Waals surface area contributed by atoms with Gasteiger partial charge in [0.25, 0.3) is 0 Å². The molecule has 2 aromatic heterocycles. The Hall–Kier alpha value is -1.33. The van der Waals surface area contributed by atoms with Gasteiger partial charge in [-0.1, -0.05) is 0 Å². The Kier molecular flexibility index (Phi) is 4.72. The summed E-state index contributed by atoms with van der Waals surface area (Å²) in [6.45, 7) is 0.360. The van der Waals surface area contributed by atoms with E-state index in [0.717, 1.165) is 17.0 Å². The van der Waals surface area contributed by atoms with Crippen LogP contribution >= 0.6 is 24.0 Å². The van der Waals surface area contributed by atoms with E-state index in [9.17, 15) is 4.79 Å². The standard InChI is InChI=1S/C10H11ClN4O.ClH/c1-15-8(6-13-9(16)5-11)14-7-3-2-4-12-10(7)15;/h2-4H,5-6H2,1H3,(H,13,16);1H. The van der Waals surface area contributed by atoms with E-state index in [-0.39, 0.29) is 24.2 Å². The monoisotopic (exact) mass is 274 g/mol. The molecule has 1 amide bonds. The molecule has 0 spiro atoms. The predicted octanol–water partition coefficient (Wildman–Crippen LogP) is 1.25. The van der Waals surface area contributed by atoms with Gasteiger partial charge in [-0.3, -0.25) is 4.79 Å². The molecule has 0 radical (unpaired) electrons. The molecule has 0 saturated heterocycles. The molecule has 2 rings (SSSR count). The lowest BCUT2D eigenvalue weighted by Crippen LogP contribution is -2.25. The molecule has 0 atom stereocenters. The summed E-state index contributed by atoms with van der Waals surface area (Å²) in [7, 11) is 1.87. The van der Waals surface area contributed by atoms with Crippen LogP contribution in [0.5, 0.6) is 0 Å². The van der Waals surface area contributed by atoms with Crippen LogP contribution in [0.2, 0.25) is 0 Å². The van der Waals surface area contributed by atoms with E-state index in [1.165, 1.54) is 0 Å². The highest BCUT2D eigenvalue weighted by molar-refractivity contribution is 6.27. The Labute approximate surface area is 110 Å². The van der Waals surface area contributed by atoms with Gasteiger partial charge in [-0.05, 0) is 12.1 Å². The van der Waals surface area contributed by atoms with Gasteiger partial charge in [0.05, 0.1) is 6.54 Å². The first-order valence-electron chi connectivity index (χ1n) is 4.81. The summed E-state index contributed by atoms with van der Waals surface area (Å²) in [5.74, 6) is 0.510. The van der Waals surface area contributed by atoms with Crippen LogP contribution in [0.15, 0.2) is 18.3 Å². The fraction of sp³-hybridized carbons (Fsp3) is 0.300. The second-order valence-corrected chi connectivity index (χ2v) is 3.61. The first-order chi connectivity index (χ1) is 7.72. The number of aromatic nitrogens is 3. The molecule has 17 heavy (non-hydrogen) atoms. The molecule has 0 bridgehead atoms. The lowest BCUT2D eigenvalue weighted by Gasteiger charge is -2.02. The van der Waals surface area contributed by atoms with Crippen molar-refractivity contribution in [2.24, 2.45) is 7.05 Å². The number of pyridine rings is 1. The van der Waals surface area contributed by atoms with Crippen molar-refractivity contribution < 1.29 is 4.79 Å². The fourth-order valence-corrected chi connectivity index (χ4v) is 1.55. The normalized spacial score (nSPS) is 10.0. The van der Waals surface area contributed by atoms with Gasteiger partial charge in [0, 0.05) is 13.2 Å². The van der Waals surface area contributed by atoms with E-state index in [2.05, 4.69) is 15.3 Å². The largest absolute Gasteiger partial charge is 0.348 e. The Morgan fingerprint density at radius 2 is 2.35 bits per heavy atom. The van der Waals surface area contributed by atoms with E-state index in [0.29, 0.717) is 6.54 Å². The summed E-state index contributed by atoms with van der Waals surface area (Å²) in [4.78, 5) is 19.6. The van der Waals surface area contributed by atoms with Crippen LogP contribution in [0, 0.1) is 0 Å². The molecule has 1 N–H and O–H groups in total. The van der Waals surface area contributed by atoms with Crippen molar-refractivity contribution in [2.45, 2.75) is 6.54 Å². The zero-order valence-electron chi connectivity index (χ0n) is 9.18. The van der Waals surface area contributed by atoms with Gasteiger partial charge in [-0.25, -0.2) is 9.97 Å². The summed E-state index contributed by atoms with van der Waals surface area (Å²) >= 11 is 5.39. The molecule has 0 unspecified atom stereocenters. The minimum Gasteiger partial charge on any atom is -0.348 e. The fourth-order valence-electron chi connectivity index (χ4n) is 1.45. The average molecular weight is 275 g/mol. The van der Waals surface area contributed by atoms with Crippen molar-refractivity contribution in [1.82, 2.24) is 19.9 Å². The molecule has 2 heterocycles. The van der Waals surface area contributed by atoms with Crippen molar-refractivity contribution in [3.05, 3.63) is 24.2 Å². The number of carbonyl (C=O) groups excluding carboxylic acids is 1. The number of hydrogen-bond acceptors (Lipinski definition) is 3. The van der Waals surface area contributed by atoms with Crippen LogP contribution in [0.3, 0.4) is 0 Å². The lowest BCUT2D eigenvalue weighted by atomic mass is 10.4. The van der Waals surface area contributed by atoms with Gasteiger partial charge in [-0.2, -0.15) is 0 Å². The number of carbonyl (C=O) groups is 1. The van der Waals surface area contributed by atoms with E-state index in [4.69, 9.17) is 11.6 Å².